The van der Waals surface area contributed by atoms with E-state index in [9.17, 15) is 0 Å². The molecule has 0 amide bonds. The number of hydrazone groups is 1. The van der Waals surface area contributed by atoms with Crippen molar-refractivity contribution in [3.63, 3.8) is 0 Å². The Labute approximate surface area is 261 Å². The van der Waals surface area contributed by atoms with Crippen molar-refractivity contribution >= 4 is 28.3 Å². The van der Waals surface area contributed by atoms with E-state index in [0.717, 1.165) is 50.9 Å². The van der Waals surface area contributed by atoms with Gasteiger partial charge in [-0.3, -0.25) is 20.8 Å². The smallest absolute Gasteiger partial charge is 0.118 e. The first-order chi connectivity index (χ1) is 22.2. The Hall–Kier alpha value is -6.34. The van der Waals surface area contributed by atoms with Crippen LogP contribution >= 0.6 is 0 Å². The summed E-state index contributed by atoms with van der Waals surface area (Å²) in [5, 5.41) is 14.0. The van der Waals surface area contributed by atoms with Crippen LogP contribution in [0.4, 0.5) is 5.69 Å². The largest absolute Gasteiger partial charge is 0.299 e. The van der Waals surface area contributed by atoms with E-state index in [1.807, 2.05) is 115 Å². The standard InChI is InChI=1S/C38H27N7/c39-30-25-27(31-18-10-20-36(42-31)34-16-6-8-22-40-34)24-29(32-19-11-21-37(43-32)35-17-7-9-23-41-35)38(30)45-44-33-15-5-4-14-28(33)26-12-2-1-3-13-26/h1-25,39,44H/b39-30?,45-38-. The van der Waals surface area contributed by atoms with Crippen molar-refractivity contribution in [1.29, 1.82) is 5.41 Å². The zero-order valence-corrected chi connectivity index (χ0v) is 24.2. The molecule has 0 unspecified atom stereocenters. The summed E-state index contributed by atoms with van der Waals surface area (Å²) in [6.07, 6.45) is 7.29. The second kappa shape index (κ2) is 12.5. The Morgan fingerprint density at radius 2 is 1.09 bits per heavy atom. The number of pyridine rings is 4. The Morgan fingerprint density at radius 3 is 1.78 bits per heavy atom. The third-order valence-corrected chi connectivity index (χ3v) is 7.33. The molecule has 0 radical (unpaired) electrons. The van der Waals surface area contributed by atoms with E-state index in [4.69, 9.17) is 20.5 Å². The normalized spacial score (nSPS) is 13.7. The summed E-state index contributed by atoms with van der Waals surface area (Å²) in [5.74, 6) is 0. The fourth-order valence-electron chi connectivity index (χ4n) is 5.16. The quantitative estimate of drug-likeness (QED) is 0.146. The van der Waals surface area contributed by atoms with Crippen molar-refractivity contribution in [2.45, 2.75) is 0 Å². The summed E-state index contributed by atoms with van der Waals surface area (Å²) in [5.41, 5.74) is 12.8. The molecule has 0 saturated carbocycles. The van der Waals surface area contributed by atoms with Gasteiger partial charge < -0.3 is 0 Å². The Bertz CT molecular complexity index is 2080. The SMILES string of the molecule is N=C1C=C(c2cccc(-c3ccccn3)n2)C=C(c2cccc(-c3ccccn3)n2)/C1=N/Nc1ccccc1-c1ccccc1. The van der Waals surface area contributed by atoms with Crippen LogP contribution in [-0.2, 0) is 0 Å². The molecule has 0 fully saturated rings. The van der Waals surface area contributed by atoms with Gasteiger partial charge in [-0.1, -0.05) is 72.8 Å². The van der Waals surface area contributed by atoms with Gasteiger partial charge in [0.25, 0.3) is 0 Å². The number of para-hydroxylation sites is 1. The first kappa shape index (κ1) is 27.5. The monoisotopic (exact) mass is 581 g/mol. The van der Waals surface area contributed by atoms with E-state index in [2.05, 4.69) is 33.6 Å². The second-order valence-corrected chi connectivity index (χ2v) is 10.3. The van der Waals surface area contributed by atoms with Gasteiger partial charge in [0.1, 0.15) is 5.71 Å². The Balaban J connectivity index is 1.32. The molecule has 7 rings (SSSR count). The van der Waals surface area contributed by atoms with E-state index in [1.165, 1.54) is 0 Å². The topological polar surface area (TPSA) is 99.8 Å². The molecule has 45 heavy (non-hydrogen) atoms. The van der Waals surface area contributed by atoms with E-state index in [1.54, 1.807) is 18.5 Å². The molecular weight excluding hydrogens is 554 g/mol. The summed E-state index contributed by atoms with van der Waals surface area (Å²) in [4.78, 5) is 18.8. The van der Waals surface area contributed by atoms with Gasteiger partial charge in [-0.2, -0.15) is 5.10 Å². The first-order valence-corrected chi connectivity index (χ1v) is 14.5. The lowest BCUT2D eigenvalue weighted by molar-refractivity contribution is 1.22. The lowest BCUT2D eigenvalue weighted by Gasteiger charge is -2.18. The highest BCUT2D eigenvalue weighted by molar-refractivity contribution is 6.62. The van der Waals surface area contributed by atoms with Crippen molar-refractivity contribution in [2.75, 3.05) is 5.43 Å². The molecule has 2 N–H and O–H groups in total. The number of nitrogens with zero attached hydrogens (tertiary/aromatic N) is 5. The van der Waals surface area contributed by atoms with Crippen molar-refractivity contribution in [1.82, 2.24) is 19.9 Å². The van der Waals surface area contributed by atoms with Crippen molar-refractivity contribution in [3.8, 4) is 33.9 Å². The molecule has 214 valence electrons. The van der Waals surface area contributed by atoms with E-state index in [0.29, 0.717) is 17.0 Å². The van der Waals surface area contributed by atoms with Gasteiger partial charge in [-0.25, -0.2) is 9.97 Å². The van der Waals surface area contributed by atoms with Crippen LogP contribution in [0.25, 0.3) is 45.0 Å². The van der Waals surface area contributed by atoms with Crippen LogP contribution < -0.4 is 5.43 Å². The van der Waals surface area contributed by atoms with Crippen LogP contribution in [-0.4, -0.2) is 31.4 Å². The maximum Gasteiger partial charge on any atom is 0.118 e. The van der Waals surface area contributed by atoms with Gasteiger partial charge in [0.15, 0.2) is 0 Å². The third kappa shape index (κ3) is 5.96. The predicted octanol–water partition coefficient (Wildman–Crippen LogP) is 8.24. The molecule has 6 aromatic rings. The van der Waals surface area contributed by atoms with Crippen LogP contribution in [0.15, 0.2) is 157 Å². The molecule has 0 aliphatic heterocycles. The summed E-state index contributed by atoms with van der Waals surface area (Å²) >= 11 is 0. The molecule has 0 atom stereocenters. The minimum absolute atomic E-state index is 0.238. The molecule has 4 aromatic heterocycles. The summed E-state index contributed by atoms with van der Waals surface area (Å²) in [6, 6.07) is 41.3. The minimum atomic E-state index is 0.238. The second-order valence-electron chi connectivity index (χ2n) is 10.3. The number of benzene rings is 2. The van der Waals surface area contributed by atoms with Gasteiger partial charge in [0.2, 0.25) is 0 Å². The number of hydrogen-bond donors (Lipinski definition) is 2. The van der Waals surface area contributed by atoms with Crippen molar-refractivity contribution in [2.24, 2.45) is 5.10 Å². The fourth-order valence-corrected chi connectivity index (χ4v) is 5.16. The van der Waals surface area contributed by atoms with Gasteiger partial charge in [-0.05, 0) is 72.3 Å². The average molecular weight is 582 g/mol. The fraction of sp³-hybridized carbons (Fsp3) is 0. The zero-order valence-electron chi connectivity index (χ0n) is 24.2. The third-order valence-electron chi connectivity index (χ3n) is 7.33. The molecule has 7 heteroatoms. The number of aromatic nitrogens is 4. The molecule has 2 aromatic carbocycles. The minimum Gasteiger partial charge on any atom is -0.299 e. The molecule has 7 nitrogen and oxygen atoms in total. The van der Waals surface area contributed by atoms with E-state index >= 15 is 0 Å². The van der Waals surface area contributed by atoms with Gasteiger partial charge in [0, 0.05) is 29.1 Å². The van der Waals surface area contributed by atoms with Crippen LogP contribution in [0.5, 0.6) is 0 Å². The van der Waals surface area contributed by atoms with Gasteiger partial charge >= 0.3 is 0 Å². The average Bonchev–Trinajstić information content (AvgIpc) is 3.12. The molecule has 0 saturated heterocycles. The Morgan fingerprint density at radius 1 is 0.511 bits per heavy atom. The lowest BCUT2D eigenvalue weighted by Crippen LogP contribution is -2.20. The molecule has 4 heterocycles. The number of hydrogen-bond acceptors (Lipinski definition) is 7. The maximum absolute atomic E-state index is 9.16. The van der Waals surface area contributed by atoms with Gasteiger partial charge in [0.05, 0.1) is 45.6 Å². The van der Waals surface area contributed by atoms with Gasteiger partial charge in [-0.15, -0.1) is 0 Å². The van der Waals surface area contributed by atoms with Crippen molar-refractivity contribution in [3.05, 3.63) is 163 Å². The van der Waals surface area contributed by atoms with Crippen molar-refractivity contribution < 1.29 is 0 Å². The highest BCUT2D eigenvalue weighted by Crippen LogP contribution is 2.31. The Kier molecular flexibility index (Phi) is 7.63. The highest BCUT2D eigenvalue weighted by atomic mass is 15.3. The summed E-state index contributed by atoms with van der Waals surface area (Å²) < 4.78 is 0. The predicted molar refractivity (Wildman–Crippen MR) is 182 cm³/mol. The summed E-state index contributed by atoms with van der Waals surface area (Å²) in [7, 11) is 0. The zero-order chi connectivity index (χ0) is 30.4. The molecule has 0 bridgehead atoms. The number of allylic oxidation sites excluding steroid dienone is 4. The first-order valence-electron chi connectivity index (χ1n) is 14.5. The van der Waals surface area contributed by atoms with E-state index < -0.39 is 0 Å². The van der Waals surface area contributed by atoms with Crippen LogP contribution in [0.2, 0.25) is 0 Å². The maximum atomic E-state index is 9.16. The number of nitrogens with one attached hydrogen (secondary N) is 2. The lowest BCUT2D eigenvalue weighted by atomic mass is 9.91. The van der Waals surface area contributed by atoms with E-state index in [-0.39, 0.29) is 5.71 Å². The number of anilines is 1. The van der Waals surface area contributed by atoms with Crippen LogP contribution in [0, 0.1) is 5.41 Å². The van der Waals surface area contributed by atoms with Crippen LogP contribution in [0.1, 0.15) is 11.4 Å². The molecule has 1 aliphatic rings. The summed E-state index contributed by atoms with van der Waals surface area (Å²) in [6.45, 7) is 0. The molecule has 1 aliphatic carbocycles. The molecular formula is C38H27N7. The number of rotatable bonds is 7. The van der Waals surface area contributed by atoms with Crippen LogP contribution in [0.3, 0.4) is 0 Å². The highest BCUT2D eigenvalue weighted by Gasteiger charge is 2.23. The molecule has 0 spiro atoms.